The van der Waals surface area contributed by atoms with Gasteiger partial charge in [-0.25, -0.2) is 27.2 Å². The van der Waals surface area contributed by atoms with E-state index < -0.39 is 21.3 Å². The molecule has 1 aliphatic heterocycles. The summed E-state index contributed by atoms with van der Waals surface area (Å²) in [6.45, 7) is 10.1. The zero-order valence-electron chi connectivity index (χ0n) is 24.3. The van der Waals surface area contributed by atoms with E-state index in [9.17, 15) is 18.0 Å². The molecule has 0 spiro atoms. The van der Waals surface area contributed by atoms with E-state index in [0.29, 0.717) is 25.2 Å². The number of carbonyl (C=O) groups is 1. The van der Waals surface area contributed by atoms with Crippen molar-refractivity contribution in [1.29, 1.82) is 0 Å². The lowest BCUT2D eigenvalue weighted by Gasteiger charge is -2.40. The first-order valence-electron chi connectivity index (χ1n) is 13.7. The number of fused-ring (bicyclic) bond motifs is 1. The van der Waals surface area contributed by atoms with Gasteiger partial charge in [-0.3, -0.25) is 9.78 Å². The van der Waals surface area contributed by atoms with Crippen molar-refractivity contribution in [3.8, 4) is 16.9 Å². The van der Waals surface area contributed by atoms with Gasteiger partial charge in [-0.05, 0) is 42.7 Å². The molecule has 13 heteroatoms. The molecule has 0 bridgehead atoms. The Labute approximate surface area is 248 Å². The van der Waals surface area contributed by atoms with Crippen LogP contribution in [0.4, 0.5) is 15.9 Å². The zero-order valence-corrected chi connectivity index (χ0v) is 25.1. The minimum absolute atomic E-state index is 0.0115. The van der Waals surface area contributed by atoms with Crippen molar-refractivity contribution >= 4 is 38.3 Å². The van der Waals surface area contributed by atoms with Crippen molar-refractivity contribution in [2.24, 2.45) is 0 Å². The molecule has 0 saturated carbocycles. The summed E-state index contributed by atoms with van der Waals surface area (Å²) in [5, 5.41) is 0.196. The van der Waals surface area contributed by atoms with Crippen LogP contribution >= 0.6 is 0 Å². The number of aromatic nitrogens is 4. The number of hydrogen-bond acceptors (Lipinski definition) is 9. The standard InChI is InChI=1S/C30H32FN7O4S/c1-6-25(39)36-12-13-37(18(4)16-36)28-21-14-22(31)26(20-10-11-33-15-23(20)32)34-29(21)38(30(40)35-28)27-19(17(2)3)8-7-9-24(27)43(5,41)42/h6-11,14-15,17-18H,1,12-13,16,32H2,2-5H3/t18-/m0/s1. The summed E-state index contributed by atoms with van der Waals surface area (Å²) in [6.07, 6.45) is 5.12. The van der Waals surface area contributed by atoms with Gasteiger partial charge in [0.15, 0.2) is 15.5 Å². The van der Waals surface area contributed by atoms with Gasteiger partial charge in [0.2, 0.25) is 5.91 Å². The van der Waals surface area contributed by atoms with Crippen molar-refractivity contribution in [2.75, 3.05) is 36.5 Å². The van der Waals surface area contributed by atoms with E-state index in [0.717, 1.165) is 10.8 Å². The Kier molecular flexibility index (Phi) is 7.78. The molecule has 1 aromatic carbocycles. The predicted molar refractivity (Wildman–Crippen MR) is 164 cm³/mol. The fraction of sp³-hybridized carbons (Fsp3) is 0.300. The summed E-state index contributed by atoms with van der Waals surface area (Å²) in [6, 6.07) is 7.24. The highest BCUT2D eigenvalue weighted by Gasteiger charge is 2.31. The van der Waals surface area contributed by atoms with Gasteiger partial charge in [0.05, 0.1) is 27.9 Å². The molecule has 224 valence electrons. The third kappa shape index (κ3) is 5.36. The average Bonchev–Trinajstić information content (AvgIpc) is 2.96. The van der Waals surface area contributed by atoms with E-state index in [-0.39, 0.29) is 62.2 Å². The summed E-state index contributed by atoms with van der Waals surface area (Å²) in [5.74, 6) is -0.944. The maximum Gasteiger partial charge on any atom is 0.355 e. The molecule has 1 atom stereocenters. The maximum atomic E-state index is 15.9. The molecule has 1 fully saturated rings. The largest absolute Gasteiger partial charge is 0.397 e. The van der Waals surface area contributed by atoms with Crippen molar-refractivity contribution in [3.63, 3.8) is 0 Å². The molecular formula is C30H32FN7O4S. The monoisotopic (exact) mass is 605 g/mol. The molecule has 3 aromatic heterocycles. The van der Waals surface area contributed by atoms with Gasteiger partial charge in [0.1, 0.15) is 17.3 Å². The Bertz CT molecular complexity index is 1940. The quantitative estimate of drug-likeness (QED) is 0.327. The number of nitrogens with zero attached hydrogens (tertiary/aromatic N) is 6. The van der Waals surface area contributed by atoms with E-state index in [1.165, 1.54) is 36.7 Å². The van der Waals surface area contributed by atoms with Crippen LogP contribution in [0.2, 0.25) is 0 Å². The number of halogens is 1. The van der Waals surface area contributed by atoms with Gasteiger partial charge in [0.25, 0.3) is 0 Å². The third-order valence-corrected chi connectivity index (χ3v) is 8.70. The Morgan fingerprint density at radius 1 is 1.21 bits per heavy atom. The van der Waals surface area contributed by atoms with E-state index in [2.05, 4.69) is 21.5 Å². The molecule has 1 amide bonds. The SMILES string of the molecule is C=CC(=O)N1CCN(c2nc(=O)n(-c3c(C(C)C)cccc3S(C)(=O)=O)c3nc(-c4ccncc4N)c(F)cc23)[C@@H](C)C1. The van der Waals surface area contributed by atoms with Crippen LogP contribution in [0.1, 0.15) is 32.3 Å². The van der Waals surface area contributed by atoms with Gasteiger partial charge in [0, 0.05) is 43.7 Å². The second-order valence-corrected chi connectivity index (χ2v) is 12.8. The first-order chi connectivity index (χ1) is 20.3. The number of para-hydroxylation sites is 1. The highest BCUT2D eigenvalue weighted by Crippen LogP contribution is 2.35. The second-order valence-electron chi connectivity index (χ2n) is 10.9. The fourth-order valence-corrected chi connectivity index (χ4v) is 6.37. The van der Waals surface area contributed by atoms with E-state index in [1.54, 1.807) is 17.0 Å². The number of rotatable bonds is 6. The normalized spacial score (nSPS) is 15.7. The smallest absolute Gasteiger partial charge is 0.355 e. The number of piperazine rings is 1. The molecule has 5 rings (SSSR count). The Balaban J connectivity index is 1.88. The van der Waals surface area contributed by atoms with Gasteiger partial charge >= 0.3 is 5.69 Å². The molecule has 1 saturated heterocycles. The minimum Gasteiger partial charge on any atom is -0.397 e. The summed E-state index contributed by atoms with van der Waals surface area (Å²) in [7, 11) is -3.83. The Morgan fingerprint density at radius 3 is 2.58 bits per heavy atom. The minimum atomic E-state index is -3.83. The lowest BCUT2D eigenvalue weighted by Crippen LogP contribution is -2.54. The Hall–Kier alpha value is -4.65. The van der Waals surface area contributed by atoms with Gasteiger partial charge in [-0.15, -0.1) is 0 Å². The van der Waals surface area contributed by atoms with Crippen LogP contribution in [0, 0.1) is 5.82 Å². The molecule has 2 N–H and O–H groups in total. The predicted octanol–water partition coefficient (Wildman–Crippen LogP) is 3.31. The number of pyridine rings is 2. The van der Waals surface area contributed by atoms with Crippen LogP contribution in [0.5, 0.6) is 0 Å². The molecule has 11 nitrogen and oxygen atoms in total. The highest BCUT2D eigenvalue weighted by molar-refractivity contribution is 7.90. The maximum absolute atomic E-state index is 15.9. The van der Waals surface area contributed by atoms with Crippen LogP contribution in [0.15, 0.2) is 65.1 Å². The number of nitrogen functional groups attached to an aromatic ring is 1. The molecule has 0 unspecified atom stereocenters. The Morgan fingerprint density at radius 2 is 1.95 bits per heavy atom. The summed E-state index contributed by atoms with van der Waals surface area (Å²) in [4.78, 5) is 42.7. The van der Waals surface area contributed by atoms with Crippen LogP contribution in [0.3, 0.4) is 0 Å². The van der Waals surface area contributed by atoms with Gasteiger partial charge < -0.3 is 15.5 Å². The second kappa shape index (κ2) is 11.2. The van der Waals surface area contributed by atoms with Crippen LogP contribution < -0.4 is 16.3 Å². The highest BCUT2D eigenvalue weighted by atomic mass is 32.2. The lowest BCUT2D eigenvalue weighted by atomic mass is 10.0. The zero-order chi connectivity index (χ0) is 31.2. The van der Waals surface area contributed by atoms with Gasteiger partial charge in [-0.1, -0.05) is 32.6 Å². The number of sulfone groups is 1. The summed E-state index contributed by atoms with van der Waals surface area (Å²) in [5.41, 5.74) is 6.34. The first kappa shape index (κ1) is 29.8. The average molecular weight is 606 g/mol. The van der Waals surface area contributed by atoms with Crippen LogP contribution in [-0.2, 0) is 14.6 Å². The first-order valence-corrected chi connectivity index (χ1v) is 15.6. The van der Waals surface area contributed by atoms with Crippen molar-refractivity contribution in [3.05, 3.63) is 77.2 Å². The molecule has 1 aliphatic rings. The van der Waals surface area contributed by atoms with Crippen LogP contribution in [0.25, 0.3) is 28.0 Å². The molecule has 4 aromatic rings. The number of benzene rings is 1. The van der Waals surface area contributed by atoms with Crippen molar-refractivity contribution in [1.82, 2.24) is 24.4 Å². The number of anilines is 2. The lowest BCUT2D eigenvalue weighted by molar-refractivity contribution is -0.126. The van der Waals surface area contributed by atoms with Crippen LogP contribution in [-0.4, -0.2) is 70.7 Å². The summed E-state index contributed by atoms with van der Waals surface area (Å²) < 4.78 is 43.1. The number of hydrogen-bond donors (Lipinski definition) is 1. The fourth-order valence-electron chi connectivity index (χ4n) is 5.48. The number of carbonyl (C=O) groups excluding carboxylic acids is 1. The molecule has 43 heavy (non-hydrogen) atoms. The van der Waals surface area contributed by atoms with Gasteiger partial charge in [-0.2, -0.15) is 4.98 Å². The van der Waals surface area contributed by atoms with E-state index in [4.69, 9.17) is 5.73 Å². The van der Waals surface area contributed by atoms with E-state index in [1.807, 2.05) is 25.7 Å². The van der Waals surface area contributed by atoms with Crippen molar-refractivity contribution in [2.45, 2.75) is 37.6 Å². The molecule has 0 aliphatic carbocycles. The molecule has 4 heterocycles. The van der Waals surface area contributed by atoms with E-state index >= 15 is 4.39 Å². The summed E-state index contributed by atoms with van der Waals surface area (Å²) >= 11 is 0. The number of amides is 1. The topological polar surface area (TPSA) is 144 Å². The van der Waals surface area contributed by atoms with Crippen molar-refractivity contribution < 1.29 is 17.6 Å². The molecule has 0 radical (unpaired) electrons. The third-order valence-electron chi connectivity index (χ3n) is 7.57. The molecular weight excluding hydrogens is 573 g/mol. The number of nitrogens with two attached hydrogens (primary N) is 1.